The molecule has 2 rings (SSSR count). The Labute approximate surface area is 130 Å². The van der Waals surface area contributed by atoms with Crippen molar-refractivity contribution < 1.29 is 14.6 Å². The van der Waals surface area contributed by atoms with Gasteiger partial charge in [0.15, 0.2) is 0 Å². The van der Waals surface area contributed by atoms with Crippen LogP contribution in [0.4, 0.5) is 5.69 Å². The number of aryl methyl sites for hydroxylation is 1. The third-order valence-corrected chi connectivity index (χ3v) is 3.89. The molecule has 0 atom stereocenters. The summed E-state index contributed by atoms with van der Waals surface area (Å²) in [4.78, 5) is 11.2. The van der Waals surface area contributed by atoms with Crippen molar-refractivity contribution in [2.75, 3.05) is 12.4 Å². The van der Waals surface area contributed by atoms with Crippen LogP contribution in [0.25, 0.3) is 0 Å². The minimum atomic E-state index is -0.980. The predicted octanol–water partition coefficient (Wildman–Crippen LogP) is 2.64. The van der Waals surface area contributed by atoms with E-state index < -0.39 is 5.97 Å². The summed E-state index contributed by atoms with van der Waals surface area (Å²) in [7, 11) is 3.35. The number of halogens is 1. The van der Waals surface area contributed by atoms with Crippen LogP contribution in [-0.2, 0) is 24.9 Å². The Balaban J connectivity index is 2.23. The molecular weight excluding hydrogens is 338 g/mol. The number of benzene rings is 1. The predicted molar refractivity (Wildman–Crippen MR) is 82.3 cm³/mol. The number of nitrogens with zero attached hydrogens (tertiary/aromatic N) is 2. The largest absolute Gasteiger partial charge is 0.478 e. The first-order valence-electron chi connectivity index (χ1n) is 6.29. The van der Waals surface area contributed by atoms with Gasteiger partial charge in [-0.15, -0.1) is 0 Å². The van der Waals surface area contributed by atoms with Crippen LogP contribution in [0, 0.1) is 0 Å². The number of aromatic carboxylic acids is 1. The molecule has 0 unspecified atom stereocenters. The SMILES string of the molecule is COCc1c(Br)cccc1NCc1c(C(=O)O)cnn1C. The lowest BCUT2D eigenvalue weighted by Gasteiger charge is -2.13. The molecule has 2 aromatic rings. The first kappa shape index (κ1) is 15.5. The number of nitrogens with one attached hydrogen (secondary N) is 1. The molecule has 0 aliphatic heterocycles. The van der Waals surface area contributed by atoms with Crippen molar-refractivity contribution in [3.05, 3.63) is 45.7 Å². The fourth-order valence-corrected chi connectivity index (χ4v) is 2.53. The number of rotatable bonds is 6. The van der Waals surface area contributed by atoms with E-state index in [1.807, 2.05) is 18.2 Å². The van der Waals surface area contributed by atoms with Gasteiger partial charge in [0.1, 0.15) is 5.56 Å². The molecular formula is C14H16BrN3O3. The highest BCUT2D eigenvalue weighted by Crippen LogP contribution is 2.26. The molecule has 21 heavy (non-hydrogen) atoms. The fourth-order valence-electron chi connectivity index (χ4n) is 2.05. The van der Waals surface area contributed by atoms with E-state index in [2.05, 4.69) is 26.3 Å². The van der Waals surface area contributed by atoms with Crippen LogP contribution in [0.3, 0.4) is 0 Å². The second-order valence-electron chi connectivity index (χ2n) is 4.49. The average molecular weight is 354 g/mol. The third-order valence-electron chi connectivity index (χ3n) is 3.15. The average Bonchev–Trinajstić information content (AvgIpc) is 2.81. The Morgan fingerprint density at radius 2 is 2.29 bits per heavy atom. The minimum absolute atomic E-state index is 0.202. The molecule has 112 valence electrons. The number of carbonyl (C=O) groups is 1. The van der Waals surface area contributed by atoms with E-state index >= 15 is 0 Å². The van der Waals surface area contributed by atoms with E-state index in [-0.39, 0.29) is 5.56 Å². The second kappa shape index (κ2) is 6.73. The molecule has 0 aliphatic rings. The number of carboxylic acid groups (broad SMARTS) is 1. The van der Waals surface area contributed by atoms with Gasteiger partial charge in [0, 0.05) is 29.9 Å². The van der Waals surface area contributed by atoms with Crippen molar-refractivity contribution in [1.82, 2.24) is 9.78 Å². The van der Waals surface area contributed by atoms with Crippen LogP contribution in [0.15, 0.2) is 28.9 Å². The number of hydrogen-bond donors (Lipinski definition) is 2. The van der Waals surface area contributed by atoms with Crippen LogP contribution in [0.5, 0.6) is 0 Å². The summed E-state index contributed by atoms with van der Waals surface area (Å²) in [6.45, 7) is 0.826. The monoisotopic (exact) mass is 353 g/mol. The number of anilines is 1. The van der Waals surface area contributed by atoms with Gasteiger partial charge in [0.25, 0.3) is 0 Å². The molecule has 0 aliphatic carbocycles. The van der Waals surface area contributed by atoms with Crippen LogP contribution in [0.2, 0.25) is 0 Å². The van der Waals surface area contributed by atoms with Gasteiger partial charge < -0.3 is 15.2 Å². The molecule has 0 saturated carbocycles. The van der Waals surface area contributed by atoms with Gasteiger partial charge in [-0.05, 0) is 12.1 Å². The van der Waals surface area contributed by atoms with Crippen molar-refractivity contribution in [1.29, 1.82) is 0 Å². The number of hydrogen-bond acceptors (Lipinski definition) is 4. The molecule has 0 bridgehead atoms. The fraction of sp³-hybridized carbons (Fsp3) is 0.286. The van der Waals surface area contributed by atoms with E-state index in [4.69, 9.17) is 9.84 Å². The molecule has 2 N–H and O–H groups in total. The molecule has 0 fully saturated rings. The summed E-state index contributed by atoms with van der Waals surface area (Å²) < 4.78 is 7.69. The zero-order valence-corrected chi connectivity index (χ0v) is 13.3. The highest BCUT2D eigenvalue weighted by Gasteiger charge is 2.15. The number of carboxylic acids is 1. The molecule has 6 nitrogen and oxygen atoms in total. The lowest BCUT2D eigenvalue weighted by atomic mass is 10.1. The van der Waals surface area contributed by atoms with Crippen molar-refractivity contribution in [3.8, 4) is 0 Å². The van der Waals surface area contributed by atoms with Crippen molar-refractivity contribution in [2.24, 2.45) is 7.05 Å². The Morgan fingerprint density at radius 3 is 2.95 bits per heavy atom. The Morgan fingerprint density at radius 1 is 1.52 bits per heavy atom. The van der Waals surface area contributed by atoms with Gasteiger partial charge in [-0.2, -0.15) is 5.10 Å². The van der Waals surface area contributed by atoms with Gasteiger partial charge in [-0.3, -0.25) is 4.68 Å². The molecule has 0 amide bonds. The molecule has 0 radical (unpaired) electrons. The van der Waals surface area contributed by atoms with Crippen LogP contribution < -0.4 is 5.32 Å². The molecule has 1 aromatic heterocycles. The first-order valence-corrected chi connectivity index (χ1v) is 7.08. The van der Waals surface area contributed by atoms with Crippen molar-refractivity contribution in [2.45, 2.75) is 13.2 Å². The van der Waals surface area contributed by atoms with E-state index in [1.165, 1.54) is 6.20 Å². The maximum absolute atomic E-state index is 11.2. The Bertz CT molecular complexity index is 655. The third kappa shape index (κ3) is 3.43. The summed E-state index contributed by atoms with van der Waals surface area (Å²) in [5, 5.41) is 16.4. The van der Waals surface area contributed by atoms with Gasteiger partial charge >= 0.3 is 5.97 Å². The van der Waals surface area contributed by atoms with E-state index in [9.17, 15) is 4.79 Å². The number of methoxy groups -OCH3 is 1. The van der Waals surface area contributed by atoms with E-state index in [1.54, 1.807) is 18.8 Å². The summed E-state index contributed by atoms with van der Waals surface area (Å²) in [6, 6.07) is 5.77. The van der Waals surface area contributed by atoms with Gasteiger partial charge in [0.2, 0.25) is 0 Å². The molecule has 1 aromatic carbocycles. The maximum atomic E-state index is 11.2. The molecule has 1 heterocycles. The van der Waals surface area contributed by atoms with E-state index in [0.717, 1.165) is 15.7 Å². The maximum Gasteiger partial charge on any atom is 0.339 e. The summed E-state index contributed by atoms with van der Waals surface area (Å²) in [5.74, 6) is -0.980. The van der Waals surface area contributed by atoms with Crippen LogP contribution in [-0.4, -0.2) is 28.0 Å². The number of aromatic nitrogens is 2. The van der Waals surface area contributed by atoms with Crippen molar-refractivity contribution >= 4 is 27.6 Å². The minimum Gasteiger partial charge on any atom is -0.478 e. The smallest absolute Gasteiger partial charge is 0.339 e. The highest BCUT2D eigenvalue weighted by molar-refractivity contribution is 9.10. The van der Waals surface area contributed by atoms with Gasteiger partial charge in [-0.25, -0.2) is 4.79 Å². The first-order chi connectivity index (χ1) is 10.0. The van der Waals surface area contributed by atoms with Crippen LogP contribution in [0.1, 0.15) is 21.6 Å². The standard InChI is InChI=1S/C14H16BrN3O3/c1-18-13(9(6-17-18)14(19)20)7-16-12-5-3-4-11(15)10(12)8-21-2/h3-6,16H,7-8H2,1-2H3,(H,19,20). The van der Waals surface area contributed by atoms with Gasteiger partial charge in [-0.1, -0.05) is 22.0 Å². The summed E-state index contributed by atoms with van der Waals surface area (Å²) >= 11 is 3.49. The second-order valence-corrected chi connectivity index (χ2v) is 5.34. The Hall–Kier alpha value is -1.86. The van der Waals surface area contributed by atoms with E-state index in [0.29, 0.717) is 18.8 Å². The summed E-state index contributed by atoms with van der Waals surface area (Å²) in [6.07, 6.45) is 1.36. The normalized spacial score (nSPS) is 10.6. The number of ether oxygens (including phenoxy) is 1. The quantitative estimate of drug-likeness (QED) is 0.834. The zero-order chi connectivity index (χ0) is 15.4. The lowest BCUT2D eigenvalue weighted by Crippen LogP contribution is -2.11. The zero-order valence-electron chi connectivity index (χ0n) is 11.8. The Kier molecular flexibility index (Phi) is 4.98. The molecule has 0 saturated heterocycles. The van der Waals surface area contributed by atoms with Gasteiger partial charge in [0.05, 0.1) is 25.0 Å². The van der Waals surface area contributed by atoms with Crippen LogP contribution >= 0.6 is 15.9 Å². The molecule has 0 spiro atoms. The highest BCUT2D eigenvalue weighted by atomic mass is 79.9. The summed E-state index contributed by atoms with van der Waals surface area (Å²) in [5.41, 5.74) is 2.70. The lowest BCUT2D eigenvalue weighted by molar-refractivity contribution is 0.0695. The molecule has 7 heteroatoms. The topological polar surface area (TPSA) is 76.4 Å². The van der Waals surface area contributed by atoms with Crippen molar-refractivity contribution in [3.63, 3.8) is 0 Å².